The molecule has 0 radical (unpaired) electrons. The minimum atomic E-state index is -7.37. The van der Waals surface area contributed by atoms with Gasteiger partial charge in [0.1, 0.15) is 0 Å². The Hall–Kier alpha value is 0.660. The van der Waals surface area contributed by atoms with Crippen molar-refractivity contribution < 1.29 is 21.6 Å². The third-order valence-corrected chi connectivity index (χ3v) is 2.30. The molecule has 0 rings (SSSR count). The quantitative estimate of drug-likeness (QED) is 0.415. The molecule has 0 N–H and O–H groups in total. The molecule has 0 aliphatic rings. The summed E-state index contributed by atoms with van der Waals surface area (Å²) in [4.78, 5) is 0. The fraction of sp³-hybridized carbons (Fsp3) is 1.00. The molecule has 0 aromatic carbocycles. The normalized spacial score (nSPS) is 18.8. The summed E-state index contributed by atoms with van der Waals surface area (Å²) >= 11 is 7.40. The van der Waals surface area contributed by atoms with Gasteiger partial charge in [0.15, 0.2) is 0 Å². The molecular weight excluding hydrogens is 209 g/mol. The zero-order valence-corrected chi connectivity index (χ0v) is 6.00. The van der Waals surface area contributed by atoms with Gasteiger partial charge in [-0.2, -0.15) is 0 Å². The van der Waals surface area contributed by atoms with E-state index in [9.17, 15) is 21.6 Å². The van der Waals surface area contributed by atoms with E-state index >= 15 is 0 Å². The zero-order chi connectivity index (χ0) is 7.95. The summed E-state index contributed by atoms with van der Waals surface area (Å²) in [5.41, 5.74) is 0. The molecule has 0 atom stereocenters. The molecule has 0 aromatic rings. The first-order chi connectivity index (χ1) is 3.51. The van der Waals surface area contributed by atoms with Crippen LogP contribution in [0, 0.1) is 0 Å². The van der Waals surface area contributed by atoms with E-state index in [2.05, 4.69) is 22.5 Å². The van der Waals surface area contributed by atoms with Crippen LogP contribution in [0.25, 0.3) is 0 Å². The van der Waals surface area contributed by atoms with Crippen LogP contribution in [0.3, 0.4) is 0 Å². The van der Waals surface area contributed by atoms with E-state index < -0.39 is 11.8 Å². The maximum absolute atomic E-state index is 11.5. The molecule has 0 heterocycles. The Bertz CT molecular complexity index is 110. The Balaban J connectivity index is 4.56. The van der Waals surface area contributed by atoms with E-state index in [0.717, 1.165) is 0 Å². The van der Waals surface area contributed by atoms with Crippen molar-refractivity contribution in [2.24, 2.45) is 0 Å². The number of hydrogen-bond acceptors (Lipinski definition) is 0. The zero-order valence-electron chi connectivity index (χ0n) is 3.59. The van der Waals surface area contributed by atoms with Crippen LogP contribution in [0.2, 0.25) is 0 Å². The van der Waals surface area contributed by atoms with Crippen molar-refractivity contribution in [1.82, 2.24) is 0 Å². The van der Waals surface area contributed by atoms with E-state index in [1.807, 2.05) is 0 Å². The summed E-state index contributed by atoms with van der Waals surface area (Å²) in [7, 11) is 0. The second kappa shape index (κ2) is 1.83. The van der Waals surface area contributed by atoms with E-state index in [4.69, 9.17) is 0 Å². The van der Waals surface area contributed by atoms with E-state index in [1.165, 1.54) is 0 Å². The fourth-order valence-corrected chi connectivity index (χ4v) is 0. The average molecular weight is 209 g/mol. The van der Waals surface area contributed by atoms with Crippen LogP contribution in [0.4, 0.5) is 21.6 Å². The Morgan fingerprint density at radius 1 is 1.00 bits per heavy atom. The number of alkyl halides is 3. The molecule has 0 saturated heterocycles. The average Bonchev–Trinajstić information content (AvgIpc) is 1.20. The third kappa shape index (κ3) is 2.40. The molecule has 0 bridgehead atoms. The molecule has 0 nitrogen and oxygen atoms in total. The van der Waals surface area contributed by atoms with Gasteiger partial charge in [-0.25, -0.2) is 0 Å². The first-order valence-electron chi connectivity index (χ1n) is 1.47. The van der Waals surface area contributed by atoms with Crippen molar-refractivity contribution in [1.29, 1.82) is 0 Å². The van der Waals surface area contributed by atoms with Crippen LogP contribution < -0.4 is 0 Å². The van der Waals surface area contributed by atoms with E-state index in [1.54, 1.807) is 0 Å². The van der Waals surface area contributed by atoms with Crippen molar-refractivity contribution >= 4 is 28.4 Å². The Morgan fingerprint density at radius 3 is 1.11 bits per heavy atom. The van der Waals surface area contributed by atoms with Gasteiger partial charge in [0.2, 0.25) is 0 Å². The van der Waals surface area contributed by atoms with Crippen molar-refractivity contribution in [2.45, 2.75) is 5.92 Å². The Morgan fingerprint density at radius 2 is 1.11 bits per heavy atom. The molecule has 0 aliphatic carbocycles. The summed E-state index contributed by atoms with van der Waals surface area (Å²) in [6.07, 6.45) is 0. The van der Waals surface area contributed by atoms with Gasteiger partial charge in [0.25, 0.3) is 0 Å². The van der Waals surface area contributed by atoms with Gasteiger partial charge >= 0.3 is 55.9 Å². The summed E-state index contributed by atoms with van der Waals surface area (Å²) in [6, 6.07) is 0. The molecule has 0 unspecified atom stereocenters. The maximum atomic E-state index is 11.5. The first kappa shape index (κ1) is 9.66. The Labute approximate surface area is 56.7 Å². The molecule has 58 valence electrons. The van der Waals surface area contributed by atoms with Gasteiger partial charge in [-0.15, -0.1) is 0 Å². The van der Waals surface area contributed by atoms with Crippen LogP contribution >= 0.6 is 28.4 Å². The second-order valence-corrected chi connectivity index (χ2v) is 7.22. The minimum absolute atomic E-state index is 3.70. The Kier molecular flexibility index (Phi) is 1.96. The van der Waals surface area contributed by atoms with Gasteiger partial charge in [-0.3, -0.25) is 0 Å². The molecule has 0 aromatic heterocycles. The number of hydrogen-bond donors (Lipinski definition) is 0. The summed E-state index contributed by atoms with van der Waals surface area (Å²) in [5.74, 6) is -13.2. The van der Waals surface area contributed by atoms with E-state index in [-0.39, 0.29) is 0 Å². The van der Waals surface area contributed by atoms with Crippen LogP contribution in [-0.4, -0.2) is 5.92 Å². The number of rotatable bonds is 0. The molecule has 0 amide bonds. The second-order valence-electron chi connectivity index (χ2n) is 1.19. The number of halogens is 7. The molecule has 0 spiro atoms. The van der Waals surface area contributed by atoms with Crippen LogP contribution in [0.5, 0.6) is 0 Å². The van der Waals surface area contributed by atoms with Crippen molar-refractivity contribution in [3.8, 4) is 0 Å². The fourth-order valence-electron chi connectivity index (χ4n) is 0. The third-order valence-electron chi connectivity index (χ3n) is 0.383. The summed E-state index contributed by atoms with van der Waals surface area (Å²) < 4.78 is 55.9. The van der Waals surface area contributed by atoms with E-state index in [0.29, 0.717) is 0 Å². The topological polar surface area (TPSA) is 0 Å². The van der Waals surface area contributed by atoms with Crippen LogP contribution in [0.15, 0.2) is 0 Å². The molecule has 0 fully saturated rings. The summed E-state index contributed by atoms with van der Waals surface area (Å²) in [5, 5.41) is 0. The first-order valence-corrected chi connectivity index (χ1v) is 5.29. The monoisotopic (exact) mass is 208 g/mol. The predicted molar refractivity (Wildman–Crippen MR) is 26.9 cm³/mol. The SMILES string of the molecule is FC(F)(F)P(F)(F)(Cl)Cl. The standard InChI is InChI=1S/CCl2F5P/c2-9(3,7,8)1(4,5)6. The molecule has 9 heavy (non-hydrogen) atoms. The van der Waals surface area contributed by atoms with Crippen molar-refractivity contribution in [2.75, 3.05) is 0 Å². The van der Waals surface area contributed by atoms with Crippen molar-refractivity contribution in [3.63, 3.8) is 0 Å². The molecule has 8 heteroatoms. The van der Waals surface area contributed by atoms with Gasteiger partial charge < -0.3 is 0 Å². The van der Waals surface area contributed by atoms with Gasteiger partial charge in [0, 0.05) is 0 Å². The van der Waals surface area contributed by atoms with Crippen LogP contribution in [-0.2, 0) is 0 Å². The molecular formula is CCl2F5P. The van der Waals surface area contributed by atoms with Gasteiger partial charge in [-0.1, -0.05) is 0 Å². The molecule has 0 saturated carbocycles. The predicted octanol–water partition coefficient (Wildman–Crippen LogP) is 4.14. The molecule has 0 aliphatic heterocycles. The van der Waals surface area contributed by atoms with Gasteiger partial charge in [0.05, 0.1) is 0 Å². The van der Waals surface area contributed by atoms with Crippen LogP contribution in [0.1, 0.15) is 0 Å². The van der Waals surface area contributed by atoms with Crippen molar-refractivity contribution in [3.05, 3.63) is 0 Å². The van der Waals surface area contributed by atoms with Gasteiger partial charge in [-0.05, 0) is 0 Å². The summed E-state index contributed by atoms with van der Waals surface area (Å²) in [6.45, 7) is 0.